The molecule has 0 atom stereocenters. The van der Waals surface area contributed by atoms with E-state index >= 15 is 0 Å². The van der Waals surface area contributed by atoms with E-state index in [2.05, 4.69) is 20.1 Å². The minimum Gasteiger partial charge on any atom is -0.339 e. The summed E-state index contributed by atoms with van der Waals surface area (Å²) in [6.07, 6.45) is -1.65. The minimum atomic E-state index is -4.23. The van der Waals surface area contributed by atoms with E-state index in [0.717, 1.165) is 0 Å². The van der Waals surface area contributed by atoms with Gasteiger partial charge in [0.15, 0.2) is 0 Å². The van der Waals surface area contributed by atoms with Gasteiger partial charge in [0.05, 0.1) is 41.2 Å². The highest BCUT2D eigenvalue weighted by atomic mass is 19.4. The Morgan fingerprint density at radius 3 is 2.68 bits per heavy atom. The van der Waals surface area contributed by atoms with Crippen LogP contribution in [0.15, 0.2) is 16.0 Å². The van der Waals surface area contributed by atoms with Gasteiger partial charge >= 0.3 is 6.18 Å². The summed E-state index contributed by atoms with van der Waals surface area (Å²) >= 11 is 0. The lowest BCUT2D eigenvalue weighted by Crippen LogP contribution is -2.42. The van der Waals surface area contributed by atoms with Crippen LogP contribution in [0.5, 0.6) is 0 Å². The van der Waals surface area contributed by atoms with Gasteiger partial charge in [-0.3, -0.25) is 19.6 Å². The molecule has 28 heavy (non-hydrogen) atoms. The van der Waals surface area contributed by atoms with Crippen LogP contribution in [0.25, 0.3) is 5.95 Å². The maximum absolute atomic E-state index is 12.8. The first-order chi connectivity index (χ1) is 13.3. The van der Waals surface area contributed by atoms with Gasteiger partial charge in [-0.05, 0) is 19.8 Å². The second kappa shape index (κ2) is 6.57. The van der Waals surface area contributed by atoms with Crippen molar-refractivity contribution < 1.29 is 18.0 Å². The van der Waals surface area contributed by atoms with Crippen LogP contribution >= 0.6 is 0 Å². The third kappa shape index (κ3) is 3.10. The Balaban J connectivity index is 1.56. The maximum Gasteiger partial charge on any atom is 0.391 e. The van der Waals surface area contributed by atoms with Crippen molar-refractivity contribution in [3.8, 4) is 5.95 Å². The zero-order valence-corrected chi connectivity index (χ0v) is 15.0. The van der Waals surface area contributed by atoms with Gasteiger partial charge < -0.3 is 4.90 Å². The van der Waals surface area contributed by atoms with Crippen LogP contribution in [0, 0.1) is 12.8 Å². The number of aliphatic imine (C=N–C) groups is 1. The summed E-state index contributed by atoms with van der Waals surface area (Å²) in [5.41, 5.74) is 1.29. The molecule has 8 nitrogen and oxygen atoms in total. The number of carbonyl (C=O) groups excluding carboxylic acids is 1. The Labute approximate surface area is 157 Å². The van der Waals surface area contributed by atoms with Crippen molar-refractivity contribution in [2.24, 2.45) is 10.9 Å². The molecule has 1 fully saturated rings. The van der Waals surface area contributed by atoms with E-state index in [0.29, 0.717) is 23.5 Å². The fourth-order valence-corrected chi connectivity index (χ4v) is 3.51. The molecule has 0 unspecified atom stereocenters. The number of hydrogen-bond acceptors (Lipinski definition) is 5. The largest absolute Gasteiger partial charge is 0.391 e. The van der Waals surface area contributed by atoms with E-state index in [9.17, 15) is 22.8 Å². The molecule has 0 spiro atoms. The summed E-state index contributed by atoms with van der Waals surface area (Å²) in [5.74, 6) is -1.58. The normalized spacial score (nSPS) is 17.2. The number of fused-ring (bicyclic) bond motifs is 1. The molecule has 0 saturated carbocycles. The van der Waals surface area contributed by atoms with Gasteiger partial charge in [-0.1, -0.05) is 0 Å². The van der Waals surface area contributed by atoms with Gasteiger partial charge in [0.1, 0.15) is 0 Å². The summed E-state index contributed by atoms with van der Waals surface area (Å²) in [6.45, 7) is 2.02. The van der Waals surface area contributed by atoms with Crippen molar-refractivity contribution in [3.63, 3.8) is 0 Å². The van der Waals surface area contributed by atoms with Gasteiger partial charge in [-0.25, -0.2) is 9.67 Å². The number of amides is 1. The van der Waals surface area contributed by atoms with Crippen LogP contribution in [0.3, 0.4) is 0 Å². The number of carbonyl (C=O) groups is 1. The van der Waals surface area contributed by atoms with E-state index in [-0.39, 0.29) is 48.9 Å². The highest BCUT2D eigenvalue weighted by molar-refractivity contribution is 5.95. The molecule has 4 heterocycles. The van der Waals surface area contributed by atoms with E-state index in [4.69, 9.17) is 0 Å². The first-order valence-corrected chi connectivity index (χ1v) is 8.79. The number of nitrogens with one attached hydrogen (secondary N) is 1. The zero-order valence-electron chi connectivity index (χ0n) is 15.0. The Hall–Kier alpha value is -2.98. The second-order valence-electron chi connectivity index (χ2n) is 6.88. The molecule has 1 N–H and O–H groups in total. The third-order valence-electron chi connectivity index (χ3n) is 5.17. The van der Waals surface area contributed by atoms with Crippen molar-refractivity contribution in [3.05, 3.63) is 39.1 Å². The highest BCUT2D eigenvalue weighted by Gasteiger charge is 2.42. The molecular weight excluding hydrogens is 377 g/mol. The SMILES string of the molecule is Cc1c(C(=O)N2CCC(C(F)(F)F)CC2)cnn1-c1nc2c(c(=O)[nH]1)C=NC2. The number of alkyl halides is 3. The van der Waals surface area contributed by atoms with Crippen LogP contribution in [-0.4, -0.2) is 56.0 Å². The van der Waals surface area contributed by atoms with Crippen LogP contribution < -0.4 is 5.56 Å². The monoisotopic (exact) mass is 394 g/mol. The predicted molar refractivity (Wildman–Crippen MR) is 92.7 cm³/mol. The lowest BCUT2D eigenvalue weighted by molar-refractivity contribution is -0.183. The van der Waals surface area contributed by atoms with Crippen molar-refractivity contribution in [1.29, 1.82) is 0 Å². The molecule has 2 aliphatic rings. The number of piperidine rings is 1. The molecule has 4 rings (SSSR count). The Morgan fingerprint density at radius 1 is 1.29 bits per heavy atom. The summed E-state index contributed by atoms with van der Waals surface area (Å²) in [6, 6.07) is 0. The Bertz CT molecular complexity index is 1010. The van der Waals surface area contributed by atoms with Gasteiger partial charge in [0.2, 0.25) is 5.95 Å². The third-order valence-corrected chi connectivity index (χ3v) is 5.17. The highest BCUT2D eigenvalue weighted by Crippen LogP contribution is 2.34. The van der Waals surface area contributed by atoms with E-state index in [1.54, 1.807) is 6.92 Å². The molecule has 1 saturated heterocycles. The van der Waals surface area contributed by atoms with Gasteiger partial charge in [0.25, 0.3) is 11.5 Å². The number of aromatic nitrogens is 4. The Morgan fingerprint density at radius 2 is 2.00 bits per heavy atom. The summed E-state index contributed by atoms with van der Waals surface area (Å²) in [5, 5.41) is 4.14. The lowest BCUT2D eigenvalue weighted by Gasteiger charge is -2.32. The van der Waals surface area contributed by atoms with Crippen molar-refractivity contribution in [2.75, 3.05) is 13.1 Å². The minimum absolute atomic E-state index is 0.0406. The average Bonchev–Trinajstić information content (AvgIpc) is 3.27. The molecule has 2 aliphatic heterocycles. The molecule has 0 aliphatic carbocycles. The molecule has 2 aromatic heterocycles. The Kier molecular flexibility index (Phi) is 4.31. The first-order valence-electron chi connectivity index (χ1n) is 8.79. The topological polar surface area (TPSA) is 96.2 Å². The van der Waals surface area contributed by atoms with Crippen LogP contribution in [0.1, 0.15) is 40.2 Å². The van der Waals surface area contributed by atoms with E-state index in [1.807, 2.05) is 0 Å². The zero-order chi connectivity index (χ0) is 20.1. The number of aromatic amines is 1. The van der Waals surface area contributed by atoms with Crippen LogP contribution in [0.2, 0.25) is 0 Å². The first kappa shape index (κ1) is 18.4. The van der Waals surface area contributed by atoms with E-state index in [1.165, 1.54) is 22.0 Å². The van der Waals surface area contributed by atoms with Crippen LogP contribution in [-0.2, 0) is 6.54 Å². The molecule has 148 valence electrons. The number of hydrogen-bond donors (Lipinski definition) is 1. The summed E-state index contributed by atoms with van der Waals surface area (Å²) in [4.78, 5) is 37.2. The molecule has 1 amide bonds. The molecule has 11 heteroatoms. The van der Waals surface area contributed by atoms with E-state index < -0.39 is 12.1 Å². The number of likely N-dealkylation sites (tertiary alicyclic amines) is 1. The van der Waals surface area contributed by atoms with Crippen molar-refractivity contribution >= 4 is 12.1 Å². The number of nitrogens with zero attached hydrogens (tertiary/aromatic N) is 5. The molecule has 0 radical (unpaired) electrons. The maximum atomic E-state index is 12.8. The summed E-state index contributed by atoms with van der Waals surface area (Å²) < 4.78 is 39.8. The number of halogens is 3. The predicted octanol–water partition coefficient (Wildman–Crippen LogP) is 1.61. The second-order valence-corrected chi connectivity index (χ2v) is 6.88. The smallest absolute Gasteiger partial charge is 0.339 e. The van der Waals surface area contributed by atoms with Gasteiger partial charge in [-0.2, -0.15) is 18.3 Å². The molecule has 0 aromatic carbocycles. The molecular formula is C17H17F3N6O2. The quantitative estimate of drug-likeness (QED) is 0.837. The fraction of sp³-hybridized carbons (Fsp3) is 0.471. The molecule has 2 aromatic rings. The fourth-order valence-electron chi connectivity index (χ4n) is 3.51. The number of rotatable bonds is 2. The van der Waals surface area contributed by atoms with Gasteiger partial charge in [0, 0.05) is 19.3 Å². The summed E-state index contributed by atoms with van der Waals surface area (Å²) in [7, 11) is 0. The molecule has 0 bridgehead atoms. The number of H-pyrrole nitrogens is 1. The van der Waals surface area contributed by atoms with Crippen molar-refractivity contribution in [2.45, 2.75) is 32.5 Å². The van der Waals surface area contributed by atoms with Gasteiger partial charge in [-0.15, -0.1) is 0 Å². The standard InChI is InChI=1S/C17H17F3N6O2/c1-9-11(15(28)25-4-2-10(3-5-25)17(18,19)20)7-22-26(9)16-23-13-8-21-6-12(13)14(27)24-16/h6-7,10H,2-5,8H2,1H3,(H,23,24,27). The van der Waals surface area contributed by atoms with Crippen LogP contribution in [0.4, 0.5) is 13.2 Å². The van der Waals surface area contributed by atoms with Crippen molar-refractivity contribution in [1.82, 2.24) is 24.6 Å². The lowest BCUT2D eigenvalue weighted by atomic mass is 9.96. The average molecular weight is 394 g/mol.